The summed E-state index contributed by atoms with van der Waals surface area (Å²) in [5, 5.41) is 11.9. The van der Waals surface area contributed by atoms with Gasteiger partial charge in [0.15, 0.2) is 0 Å². The molecule has 1 amide bonds. The number of halogens is 1. The monoisotopic (exact) mass is 327 g/mol. The van der Waals surface area contributed by atoms with Crippen LogP contribution in [-0.4, -0.2) is 20.6 Å². The highest BCUT2D eigenvalue weighted by atomic mass is 19.1. The number of benzene rings is 2. The fourth-order valence-corrected chi connectivity index (χ4v) is 2.61. The molecular formula is C18H18FN3O2. The van der Waals surface area contributed by atoms with E-state index in [1.165, 1.54) is 6.07 Å². The molecule has 0 saturated heterocycles. The van der Waals surface area contributed by atoms with E-state index in [2.05, 4.69) is 10.3 Å². The maximum atomic E-state index is 13.4. The van der Waals surface area contributed by atoms with Crippen LogP contribution in [-0.2, 0) is 20.2 Å². The lowest BCUT2D eigenvalue weighted by molar-refractivity contribution is 0.0951. The highest BCUT2D eigenvalue weighted by Gasteiger charge is 2.10. The molecule has 124 valence electrons. The Morgan fingerprint density at radius 1 is 1.29 bits per heavy atom. The summed E-state index contributed by atoms with van der Waals surface area (Å²) in [6, 6.07) is 9.78. The van der Waals surface area contributed by atoms with Crippen molar-refractivity contribution in [2.45, 2.75) is 20.1 Å². The third kappa shape index (κ3) is 3.00. The van der Waals surface area contributed by atoms with Crippen molar-refractivity contribution in [2.24, 2.45) is 7.05 Å². The molecule has 6 heteroatoms. The molecule has 3 aromatic rings. The maximum absolute atomic E-state index is 13.4. The standard InChI is InChI=1S/C18H18FN3O2/c1-11-21-16-8-13(4-6-17(16)22(11)2)18(24)20-9-12-3-5-15(19)14(7-12)10-23/h3-8,23H,9-10H2,1-2H3,(H,20,24). The van der Waals surface area contributed by atoms with Crippen LogP contribution in [0.25, 0.3) is 11.0 Å². The Kier molecular flexibility index (Phi) is 4.31. The minimum Gasteiger partial charge on any atom is -0.392 e. The van der Waals surface area contributed by atoms with E-state index in [4.69, 9.17) is 5.11 Å². The number of nitrogens with one attached hydrogen (secondary N) is 1. The highest BCUT2D eigenvalue weighted by Crippen LogP contribution is 2.17. The van der Waals surface area contributed by atoms with Gasteiger partial charge in [-0.15, -0.1) is 0 Å². The smallest absolute Gasteiger partial charge is 0.251 e. The van der Waals surface area contributed by atoms with E-state index in [1.54, 1.807) is 24.3 Å². The average molecular weight is 327 g/mol. The van der Waals surface area contributed by atoms with E-state index >= 15 is 0 Å². The van der Waals surface area contributed by atoms with Gasteiger partial charge in [-0.25, -0.2) is 9.37 Å². The Morgan fingerprint density at radius 2 is 2.08 bits per heavy atom. The molecule has 5 nitrogen and oxygen atoms in total. The van der Waals surface area contributed by atoms with Crippen molar-refractivity contribution in [3.8, 4) is 0 Å². The van der Waals surface area contributed by atoms with Crippen LogP contribution >= 0.6 is 0 Å². The molecule has 3 rings (SSSR count). The van der Waals surface area contributed by atoms with E-state index < -0.39 is 5.82 Å². The topological polar surface area (TPSA) is 67.2 Å². The Labute approximate surface area is 138 Å². The number of imidazole rings is 1. The molecule has 0 spiro atoms. The van der Waals surface area contributed by atoms with Crippen molar-refractivity contribution >= 4 is 16.9 Å². The minimum absolute atomic E-state index is 0.215. The molecule has 1 heterocycles. The van der Waals surface area contributed by atoms with E-state index in [-0.39, 0.29) is 24.6 Å². The van der Waals surface area contributed by atoms with E-state index in [0.717, 1.165) is 22.4 Å². The number of aryl methyl sites for hydroxylation is 2. The molecular weight excluding hydrogens is 309 g/mol. The Hall–Kier alpha value is -2.73. The molecule has 0 aliphatic rings. The van der Waals surface area contributed by atoms with Gasteiger partial charge in [0, 0.05) is 24.7 Å². The number of nitrogens with zero attached hydrogens (tertiary/aromatic N) is 2. The van der Waals surface area contributed by atoms with Crippen LogP contribution in [0.3, 0.4) is 0 Å². The van der Waals surface area contributed by atoms with Crippen LogP contribution in [0, 0.1) is 12.7 Å². The summed E-state index contributed by atoms with van der Waals surface area (Å²) in [4.78, 5) is 16.7. The number of fused-ring (bicyclic) bond motifs is 1. The summed E-state index contributed by atoms with van der Waals surface area (Å²) in [6.45, 7) is 1.79. The lowest BCUT2D eigenvalue weighted by Gasteiger charge is -2.07. The molecule has 0 saturated carbocycles. The molecule has 2 N–H and O–H groups in total. The van der Waals surface area contributed by atoms with E-state index in [1.807, 2.05) is 24.6 Å². The van der Waals surface area contributed by atoms with Crippen LogP contribution in [0.5, 0.6) is 0 Å². The SMILES string of the molecule is Cc1nc2cc(C(=O)NCc3ccc(F)c(CO)c3)ccc2n1C. The predicted octanol–water partition coefficient (Wildman–Crippen LogP) is 2.44. The lowest BCUT2D eigenvalue weighted by Crippen LogP contribution is -2.22. The minimum atomic E-state index is -0.455. The third-order valence-corrected chi connectivity index (χ3v) is 4.10. The van der Waals surface area contributed by atoms with Gasteiger partial charge in [-0.3, -0.25) is 4.79 Å². The van der Waals surface area contributed by atoms with Gasteiger partial charge in [0.25, 0.3) is 5.91 Å². The number of amides is 1. The van der Waals surface area contributed by atoms with Gasteiger partial charge in [0.05, 0.1) is 17.6 Å². The summed E-state index contributed by atoms with van der Waals surface area (Å²) in [5.74, 6) is 0.198. The first-order valence-electron chi connectivity index (χ1n) is 7.59. The molecule has 0 fully saturated rings. The molecule has 0 aliphatic heterocycles. The first-order chi connectivity index (χ1) is 11.5. The first kappa shape index (κ1) is 16.1. The van der Waals surface area contributed by atoms with E-state index in [0.29, 0.717) is 5.56 Å². The third-order valence-electron chi connectivity index (χ3n) is 4.10. The first-order valence-corrected chi connectivity index (χ1v) is 7.59. The molecule has 0 bridgehead atoms. The van der Waals surface area contributed by atoms with Crippen molar-refractivity contribution in [3.05, 3.63) is 64.7 Å². The molecule has 2 aromatic carbocycles. The number of carbonyl (C=O) groups is 1. The molecule has 0 unspecified atom stereocenters. The second-order valence-corrected chi connectivity index (χ2v) is 5.69. The summed E-state index contributed by atoms with van der Waals surface area (Å²) < 4.78 is 15.3. The summed E-state index contributed by atoms with van der Waals surface area (Å²) in [5.41, 5.74) is 3.20. The molecule has 1 aromatic heterocycles. The summed E-state index contributed by atoms with van der Waals surface area (Å²) >= 11 is 0. The van der Waals surface area contributed by atoms with Crippen molar-refractivity contribution in [3.63, 3.8) is 0 Å². The van der Waals surface area contributed by atoms with Gasteiger partial charge >= 0.3 is 0 Å². The van der Waals surface area contributed by atoms with Crippen LogP contribution in [0.2, 0.25) is 0 Å². The van der Waals surface area contributed by atoms with Gasteiger partial charge in [0.2, 0.25) is 0 Å². The zero-order chi connectivity index (χ0) is 17.3. The largest absolute Gasteiger partial charge is 0.392 e. The zero-order valence-corrected chi connectivity index (χ0v) is 13.5. The van der Waals surface area contributed by atoms with Gasteiger partial charge in [-0.05, 0) is 42.8 Å². The number of rotatable bonds is 4. The van der Waals surface area contributed by atoms with Crippen molar-refractivity contribution in [1.29, 1.82) is 0 Å². The van der Waals surface area contributed by atoms with Crippen LogP contribution < -0.4 is 5.32 Å². The van der Waals surface area contributed by atoms with Gasteiger partial charge in [-0.2, -0.15) is 0 Å². The fourth-order valence-electron chi connectivity index (χ4n) is 2.61. The van der Waals surface area contributed by atoms with E-state index in [9.17, 15) is 9.18 Å². The zero-order valence-electron chi connectivity index (χ0n) is 13.5. The Bertz CT molecular complexity index is 918. The summed E-state index contributed by atoms with van der Waals surface area (Å²) in [6.07, 6.45) is 0. The van der Waals surface area contributed by atoms with Crippen LogP contribution in [0.15, 0.2) is 36.4 Å². The number of carbonyl (C=O) groups excluding carboxylic acids is 1. The number of hydrogen-bond acceptors (Lipinski definition) is 3. The van der Waals surface area contributed by atoms with Gasteiger partial charge in [-0.1, -0.05) is 6.07 Å². The van der Waals surface area contributed by atoms with Crippen LogP contribution in [0.1, 0.15) is 27.3 Å². The van der Waals surface area contributed by atoms with Crippen molar-refractivity contribution in [2.75, 3.05) is 0 Å². The maximum Gasteiger partial charge on any atom is 0.251 e. The average Bonchev–Trinajstić information content (AvgIpc) is 2.87. The molecule has 0 aliphatic carbocycles. The Morgan fingerprint density at radius 3 is 2.83 bits per heavy atom. The number of aliphatic hydroxyl groups is 1. The summed E-state index contributed by atoms with van der Waals surface area (Å²) in [7, 11) is 1.93. The highest BCUT2D eigenvalue weighted by molar-refractivity contribution is 5.97. The van der Waals surface area contributed by atoms with Crippen LogP contribution in [0.4, 0.5) is 4.39 Å². The molecule has 0 atom stereocenters. The predicted molar refractivity (Wildman–Crippen MR) is 88.9 cm³/mol. The van der Waals surface area contributed by atoms with Crippen molar-refractivity contribution < 1.29 is 14.3 Å². The van der Waals surface area contributed by atoms with Crippen molar-refractivity contribution in [1.82, 2.24) is 14.9 Å². The Balaban J connectivity index is 1.75. The van der Waals surface area contributed by atoms with Gasteiger partial charge < -0.3 is 15.0 Å². The molecule has 24 heavy (non-hydrogen) atoms. The number of aromatic nitrogens is 2. The molecule has 0 radical (unpaired) electrons. The quantitative estimate of drug-likeness (QED) is 0.773. The lowest BCUT2D eigenvalue weighted by atomic mass is 10.1. The number of hydrogen-bond donors (Lipinski definition) is 2. The fraction of sp³-hybridized carbons (Fsp3) is 0.222. The number of aliphatic hydroxyl groups excluding tert-OH is 1. The normalized spacial score (nSPS) is 11.0. The second-order valence-electron chi connectivity index (χ2n) is 5.69. The van der Waals surface area contributed by atoms with Gasteiger partial charge in [0.1, 0.15) is 11.6 Å². The second kappa shape index (κ2) is 6.41.